The maximum Gasteiger partial charge on any atom is 0.316 e. The van der Waals surface area contributed by atoms with Crippen molar-refractivity contribution in [2.45, 2.75) is 56.0 Å². The fourth-order valence-electron chi connectivity index (χ4n) is 4.72. The summed E-state index contributed by atoms with van der Waals surface area (Å²) in [5.74, 6) is 0.544. The van der Waals surface area contributed by atoms with Gasteiger partial charge in [0.25, 0.3) is 0 Å². The lowest BCUT2D eigenvalue weighted by Gasteiger charge is -2.22. The number of benzene rings is 3. The van der Waals surface area contributed by atoms with Gasteiger partial charge in [-0.25, -0.2) is 4.39 Å². The number of hydrogen-bond acceptors (Lipinski definition) is 4. The average molecular weight is 452 g/mol. The van der Waals surface area contributed by atoms with Gasteiger partial charge in [0.15, 0.2) is 0 Å². The first kappa shape index (κ1) is 22.8. The van der Waals surface area contributed by atoms with Crippen LogP contribution in [0.1, 0.15) is 56.2 Å². The van der Waals surface area contributed by atoms with Gasteiger partial charge in [-0.05, 0) is 73.7 Å². The zero-order valence-corrected chi connectivity index (χ0v) is 19.5. The molecule has 3 atom stereocenters. The van der Waals surface area contributed by atoms with E-state index in [9.17, 15) is 9.18 Å². The van der Waals surface area contributed by atoms with Gasteiger partial charge in [0, 0.05) is 22.4 Å². The first-order valence-electron chi connectivity index (χ1n) is 11.4. The van der Waals surface area contributed by atoms with Gasteiger partial charge < -0.3 is 10.1 Å². The zero-order chi connectivity index (χ0) is 22.5. The smallest absolute Gasteiger partial charge is 0.316 e. The standard InChI is InChI=1S/C27H30FNO2S/c1-3-31-27(30)17-32-22-12-9-19(10-13-22)20-8-11-21(16-20)29-18(2)23-14-15-26(28)25-7-5-4-6-24(23)25/h4-7,9-10,12-15,18,20-21,29H,3,8,11,16-17H2,1-2H3/t18-,20-,21+/m1/s1. The summed E-state index contributed by atoms with van der Waals surface area (Å²) in [6.07, 6.45) is 3.39. The summed E-state index contributed by atoms with van der Waals surface area (Å²) in [4.78, 5) is 12.6. The molecule has 168 valence electrons. The van der Waals surface area contributed by atoms with Crippen molar-refractivity contribution < 1.29 is 13.9 Å². The Hall–Kier alpha value is -2.37. The molecule has 0 saturated heterocycles. The van der Waals surface area contributed by atoms with E-state index >= 15 is 0 Å². The third-order valence-electron chi connectivity index (χ3n) is 6.30. The highest BCUT2D eigenvalue weighted by atomic mass is 32.2. The van der Waals surface area contributed by atoms with Crippen LogP contribution >= 0.6 is 11.8 Å². The van der Waals surface area contributed by atoms with E-state index in [4.69, 9.17) is 4.74 Å². The van der Waals surface area contributed by atoms with Gasteiger partial charge >= 0.3 is 5.97 Å². The van der Waals surface area contributed by atoms with Crippen molar-refractivity contribution in [3.8, 4) is 0 Å². The molecule has 3 aromatic rings. The average Bonchev–Trinajstić information content (AvgIpc) is 3.27. The highest BCUT2D eigenvalue weighted by Crippen LogP contribution is 2.37. The highest BCUT2D eigenvalue weighted by Gasteiger charge is 2.27. The maximum absolute atomic E-state index is 14.2. The molecule has 0 spiro atoms. The van der Waals surface area contributed by atoms with Crippen LogP contribution in [0.25, 0.3) is 10.8 Å². The first-order valence-corrected chi connectivity index (χ1v) is 12.3. The molecular weight excluding hydrogens is 421 g/mol. The molecular formula is C27H30FNO2S. The van der Waals surface area contributed by atoms with Crippen LogP contribution in [-0.2, 0) is 9.53 Å². The van der Waals surface area contributed by atoms with Gasteiger partial charge in [0.2, 0.25) is 0 Å². The molecule has 1 saturated carbocycles. The summed E-state index contributed by atoms with van der Waals surface area (Å²) in [7, 11) is 0. The molecule has 1 N–H and O–H groups in total. The molecule has 3 aromatic carbocycles. The normalized spacial score (nSPS) is 19.2. The monoisotopic (exact) mass is 451 g/mol. The zero-order valence-electron chi connectivity index (χ0n) is 18.6. The fourth-order valence-corrected chi connectivity index (χ4v) is 5.42. The van der Waals surface area contributed by atoms with Crippen molar-refractivity contribution in [2.24, 2.45) is 0 Å². The third kappa shape index (κ3) is 5.33. The molecule has 0 unspecified atom stereocenters. The van der Waals surface area contributed by atoms with Crippen molar-refractivity contribution in [3.63, 3.8) is 0 Å². The number of nitrogens with one attached hydrogen (secondary N) is 1. The minimum absolute atomic E-state index is 0.158. The molecule has 5 heteroatoms. The van der Waals surface area contributed by atoms with Gasteiger partial charge in [-0.1, -0.05) is 42.5 Å². The predicted molar refractivity (Wildman–Crippen MR) is 130 cm³/mol. The van der Waals surface area contributed by atoms with E-state index in [1.807, 2.05) is 37.3 Å². The number of hydrogen-bond donors (Lipinski definition) is 1. The van der Waals surface area contributed by atoms with Crippen LogP contribution in [0.4, 0.5) is 4.39 Å². The van der Waals surface area contributed by atoms with Crippen LogP contribution in [0.2, 0.25) is 0 Å². The highest BCUT2D eigenvalue weighted by molar-refractivity contribution is 8.00. The van der Waals surface area contributed by atoms with E-state index in [2.05, 4.69) is 36.5 Å². The topological polar surface area (TPSA) is 38.3 Å². The fraction of sp³-hybridized carbons (Fsp3) is 0.370. The Bertz CT molecular complexity index is 1070. The van der Waals surface area contributed by atoms with Crippen LogP contribution < -0.4 is 5.32 Å². The number of rotatable bonds is 8. The second-order valence-corrected chi connectivity index (χ2v) is 9.49. The van der Waals surface area contributed by atoms with E-state index in [-0.39, 0.29) is 17.8 Å². The van der Waals surface area contributed by atoms with Crippen molar-refractivity contribution in [3.05, 3.63) is 77.6 Å². The lowest BCUT2D eigenvalue weighted by atomic mass is 9.96. The van der Waals surface area contributed by atoms with Crippen molar-refractivity contribution in [1.82, 2.24) is 5.32 Å². The van der Waals surface area contributed by atoms with Crippen LogP contribution in [0.5, 0.6) is 0 Å². The number of fused-ring (bicyclic) bond motifs is 1. The van der Waals surface area contributed by atoms with Gasteiger partial charge in [-0.2, -0.15) is 0 Å². The summed E-state index contributed by atoms with van der Waals surface area (Å²) in [5, 5.41) is 5.45. The number of esters is 1. The van der Waals surface area contributed by atoms with E-state index in [1.165, 1.54) is 17.3 Å². The SMILES string of the molecule is CCOC(=O)CSc1ccc([C@@H]2CC[C@H](N[C@H](C)c3ccc(F)c4ccccc34)C2)cc1. The molecule has 3 nitrogen and oxygen atoms in total. The van der Waals surface area contributed by atoms with E-state index in [0.29, 0.717) is 29.7 Å². The number of halogens is 1. The van der Waals surface area contributed by atoms with Gasteiger partial charge in [-0.15, -0.1) is 11.8 Å². The van der Waals surface area contributed by atoms with Crippen LogP contribution in [0.15, 0.2) is 65.6 Å². The maximum atomic E-state index is 14.2. The summed E-state index contributed by atoms with van der Waals surface area (Å²) in [6, 6.07) is 20.4. The molecule has 0 amide bonds. The molecule has 0 aromatic heterocycles. The molecule has 4 rings (SSSR count). The summed E-state index contributed by atoms with van der Waals surface area (Å²) in [6.45, 7) is 4.41. The molecule has 0 heterocycles. The molecule has 1 aliphatic carbocycles. The molecule has 0 bridgehead atoms. The number of thioether (sulfide) groups is 1. The number of ether oxygens (including phenoxy) is 1. The van der Waals surface area contributed by atoms with E-state index in [0.717, 1.165) is 35.1 Å². The largest absolute Gasteiger partial charge is 0.465 e. The summed E-state index contributed by atoms with van der Waals surface area (Å²) < 4.78 is 19.2. The quantitative estimate of drug-likeness (QED) is 0.308. The summed E-state index contributed by atoms with van der Waals surface area (Å²) in [5.41, 5.74) is 2.50. The minimum atomic E-state index is -0.172. The molecule has 0 aliphatic heterocycles. The molecule has 1 aliphatic rings. The van der Waals surface area contributed by atoms with Crippen molar-refractivity contribution in [2.75, 3.05) is 12.4 Å². The summed E-state index contributed by atoms with van der Waals surface area (Å²) >= 11 is 1.51. The molecule has 1 fully saturated rings. The Labute approximate surface area is 193 Å². The third-order valence-corrected chi connectivity index (χ3v) is 7.29. The van der Waals surface area contributed by atoms with Crippen LogP contribution in [-0.4, -0.2) is 24.4 Å². The predicted octanol–water partition coefficient (Wildman–Crippen LogP) is 6.62. The van der Waals surface area contributed by atoms with E-state index < -0.39 is 0 Å². The van der Waals surface area contributed by atoms with Crippen molar-refractivity contribution >= 4 is 28.5 Å². The first-order chi connectivity index (χ1) is 15.5. The van der Waals surface area contributed by atoms with Gasteiger partial charge in [0.05, 0.1) is 12.4 Å². The minimum Gasteiger partial charge on any atom is -0.465 e. The Morgan fingerprint density at radius 2 is 1.84 bits per heavy atom. The Balaban J connectivity index is 1.35. The molecule has 32 heavy (non-hydrogen) atoms. The Morgan fingerprint density at radius 1 is 1.09 bits per heavy atom. The van der Waals surface area contributed by atoms with Gasteiger partial charge in [0.1, 0.15) is 5.82 Å². The van der Waals surface area contributed by atoms with E-state index in [1.54, 1.807) is 6.07 Å². The molecule has 0 radical (unpaired) electrons. The van der Waals surface area contributed by atoms with Crippen molar-refractivity contribution in [1.29, 1.82) is 0 Å². The Kier molecular flexibility index (Phi) is 7.48. The van der Waals surface area contributed by atoms with Crippen LogP contribution in [0, 0.1) is 5.82 Å². The second kappa shape index (κ2) is 10.5. The Morgan fingerprint density at radius 3 is 2.59 bits per heavy atom. The number of carbonyl (C=O) groups is 1. The van der Waals surface area contributed by atoms with Gasteiger partial charge in [-0.3, -0.25) is 4.79 Å². The second-order valence-electron chi connectivity index (χ2n) is 8.44. The number of carbonyl (C=O) groups excluding carboxylic acids is 1. The lowest BCUT2D eigenvalue weighted by Crippen LogP contribution is -2.29. The lowest BCUT2D eigenvalue weighted by molar-refractivity contribution is -0.139. The van der Waals surface area contributed by atoms with Crippen LogP contribution in [0.3, 0.4) is 0 Å².